The zero-order valence-electron chi connectivity index (χ0n) is 14.7. The van der Waals surface area contributed by atoms with Crippen molar-refractivity contribution < 1.29 is 28.1 Å². The number of nitrogens with one attached hydrogen (secondary N) is 1. The summed E-state index contributed by atoms with van der Waals surface area (Å²) in [6.07, 6.45) is 1.31. The van der Waals surface area contributed by atoms with Gasteiger partial charge in [0.15, 0.2) is 12.4 Å². The molecule has 0 saturated heterocycles. The first-order valence-electron chi connectivity index (χ1n) is 8.05. The van der Waals surface area contributed by atoms with Gasteiger partial charge in [-0.1, -0.05) is 22.4 Å². The van der Waals surface area contributed by atoms with Crippen molar-refractivity contribution in [3.8, 4) is 5.75 Å². The minimum absolute atomic E-state index is 0.193. The lowest BCUT2D eigenvalue weighted by molar-refractivity contribution is -0.119. The molecular weight excluding hydrogens is 354 g/mol. The number of hydrogen-bond donors (Lipinski definition) is 1. The van der Waals surface area contributed by atoms with Crippen molar-refractivity contribution in [2.45, 2.75) is 20.5 Å². The third-order valence-corrected chi connectivity index (χ3v) is 3.70. The molecule has 140 valence electrons. The molecule has 1 aromatic carbocycles. The topological polar surface area (TPSA) is 117 Å². The molecule has 3 aromatic rings. The first-order valence-corrected chi connectivity index (χ1v) is 8.05. The summed E-state index contributed by atoms with van der Waals surface area (Å²) in [5.74, 6) is 0.00164. The standard InChI is InChI=1S/C18H17N3O6/c1-11-14(12(2)27-20-11)9-24-15-6-4-3-5-13(15)18(23)25-10-17(22)19-16-7-8-26-21-16/h3-8H,9-10H2,1-2H3,(H,19,21,22). The Balaban J connectivity index is 1.60. The first-order chi connectivity index (χ1) is 13.0. The SMILES string of the molecule is Cc1noc(C)c1COc1ccccc1C(=O)OCC(=O)Nc1ccon1. The summed E-state index contributed by atoms with van der Waals surface area (Å²) in [6.45, 7) is 3.32. The molecule has 0 spiro atoms. The molecule has 0 bridgehead atoms. The Morgan fingerprint density at radius 2 is 1.96 bits per heavy atom. The highest BCUT2D eigenvalue weighted by Gasteiger charge is 2.17. The van der Waals surface area contributed by atoms with E-state index in [9.17, 15) is 9.59 Å². The maximum absolute atomic E-state index is 12.3. The van der Waals surface area contributed by atoms with Gasteiger partial charge < -0.3 is 23.8 Å². The van der Waals surface area contributed by atoms with Crippen LogP contribution in [0.15, 0.2) is 45.6 Å². The smallest absolute Gasteiger partial charge is 0.342 e. The maximum atomic E-state index is 12.3. The van der Waals surface area contributed by atoms with E-state index >= 15 is 0 Å². The van der Waals surface area contributed by atoms with Crippen LogP contribution in [0.25, 0.3) is 0 Å². The average molecular weight is 371 g/mol. The molecule has 1 amide bonds. The number of hydrogen-bond acceptors (Lipinski definition) is 8. The summed E-state index contributed by atoms with van der Waals surface area (Å²) in [5, 5.41) is 9.83. The Bertz CT molecular complexity index is 913. The molecular formula is C18H17N3O6. The van der Waals surface area contributed by atoms with Crippen LogP contribution in [-0.4, -0.2) is 28.8 Å². The molecule has 2 heterocycles. The minimum Gasteiger partial charge on any atom is -0.488 e. The van der Waals surface area contributed by atoms with Crippen LogP contribution >= 0.6 is 0 Å². The molecule has 2 aromatic heterocycles. The van der Waals surface area contributed by atoms with Gasteiger partial charge in [0.25, 0.3) is 5.91 Å². The van der Waals surface area contributed by atoms with E-state index in [1.165, 1.54) is 12.3 Å². The Labute approximate surface area is 154 Å². The number of ether oxygens (including phenoxy) is 2. The molecule has 0 fully saturated rings. The summed E-state index contributed by atoms with van der Waals surface area (Å²) < 4.78 is 20.5. The van der Waals surface area contributed by atoms with Gasteiger partial charge in [-0.25, -0.2) is 4.79 Å². The molecule has 0 aliphatic heterocycles. The van der Waals surface area contributed by atoms with E-state index < -0.39 is 18.5 Å². The Hall–Kier alpha value is -3.62. The van der Waals surface area contributed by atoms with Gasteiger partial charge in [-0.15, -0.1) is 0 Å². The summed E-state index contributed by atoms with van der Waals surface area (Å²) in [6, 6.07) is 8.08. The molecule has 27 heavy (non-hydrogen) atoms. The van der Waals surface area contributed by atoms with Crippen molar-refractivity contribution in [2.75, 3.05) is 11.9 Å². The van der Waals surface area contributed by atoms with E-state index in [1.807, 2.05) is 6.92 Å². The highest BCUT2D eigenvalue weighted by molar-refractivity contribution is 5.96. The predicted molar refractivity (Wildman–Crippen MR) is 92.2 cm³/mol. The zero-order valence-corrected chi connectivity index (χ0v) is 14.7. The summed E-state index contributed by atoms with van der Waals surface area (Å²) in [5.41, 5.74) is 1.74. The van der Waals surface area contributed by atoms with Crippen LogP contribution < -0.4 is 10.1 Å². The van der Waals surface area contributed by atoms with E-state index in [1.54, 1.807) is 31.2 Å². The van der Waals surface area contributed by atoms with Gasteiger partial charge in [0.2, 0.25) is 0 Å². The fourth-order valence-electron chi connectivity index (χ4n) is 2.28. The summed E-state index contributed by atoms with van der Waals surface area (Å²) in [7, 11) is 0. The minimum atomic E-state index is -0.681. The van der Waals surface area contributed by atoms with Crippen LogP contribution in [0.3, 0.4) is 0 Å². The monoisotopic (exact) mass is 371 g/mol. The lowest BCUT2D eigenvalue weighted by Gasteiger charge is -2.11. The maximum Gasteiger partial charge on any atom is 0.342 e. The van der Waals surface area contributed by atoms with Gasteiger partial charge in [-0.3, -0.25) is 4.79 Å². The van der Waals surface area contributed by atoms with Crippen LogP contribution in [0.4, 0.5) is 5.82 Å². The fraction of sp³-hybridized carbons (Fsp3) is 0.222. The highest BCUT2D eigenvalue weighted by atomic mass is 16.5. The summed E-state index contributed by atoms with van der Waals surface area (Å²) in [4.78, 5) is 24.1. The van der Waals surface area contributed by atoms with Crippen molar-refractivity contribution in [1.29, 1.82) is 0 Å². The van der Waals surface area contributed by atoms with E-state index in [-0.39, 0.29) is 18.0 Å². The van der Waals surface area contributed by atoms with Gasteiger partial charge in [0, 0.05) is 6.07 Å². The number of carbonyl (C=O) groups is 2. The number of anilines is 1. The van der Waals surface area contributed by atoms with Crippen LogP contribution in [0.1, 0.15) is 27.4 Å². The largest absolute Gasteiger partial charge is 0.488 e. The normalized spacial score (nSPS) is 10.4. The van der Waals surface area contributed by atoms with Gasteiger partial charge in [0.1, 0.15) is 29.9 Å². The number of carbonyl (C=O) groups excluding carboxylic acids is 2. The second kappa shape index (κ2) is 8.17. The van der Waals surface area contributed by atoms with Gasteiger partial charge in [-0.05, 0) is 26.0 Å². The number of nitrogens with zero attached hydrogens (tertiary/aromatic N) is 2. The molecule has 9 heteroatoms. The third-order valence-electron chi connectivity index (χ3n) is 3.70. The number of aryl methyl sites for hydroxylation is 2. The quantitative estimate of drug-likeness (QED) is 0.630. The van der Waals surface area contributed by atoms with Crippen molar-refractivity contribution in [2.24, 2.45) is 0 Å². The molecule has 0 unspecified atom stereocenters. The Morgan fingerprint density at radius 1 is 1.15 bits per heavy atom. The van der Waals surface area contributed by atoms with Gasteiger partial charge in [0.05, 0.1) is 11.3 Å². The average Bonchev–Trinajstić information content (AvgIpc) is 3.28. The second-order valence-corrected chi connectivity index (χ2v) is 5.60. The van der Waals surface area contributed by atoms with Crippen LogP contribution in [-0.2, 0) is 16.1 Å². The Morgan fingerprint density at radius 3 is 2.67 bits per heavy atom. The van der Waals surface area contributed by atoms with Gasteiger partial charge >= 0.3 is 5.97 Å². The Kier molecular flexibility index (Phi) is 5.50. The van der Waals surface area contributed by atoms with Crippen molar-refractivity contribution in [3.63, 3.8) is 0 Å². The number of esters is 1. The van der Waals surface area contributed by atoms with Crippen molar-refractivity contribution in [1.82, 2.24) is 10.3 Å². The van der Waals surface area contributed by atoms with Gasteiger partial charge in [-0.2, -0.15) is 0 Å². The molecule has 0 aliphatic rings. The third kappa shape index (κ3) is 4.51. The molecule has 9 nitrogen and oxygen atoms in total. The van der Waals surface area contributed by atoms with E-state index in [2.05, 4.69) is 20.2 Å². The molecule has 0 atom stereocenters. The predicted octanol–water partition coefficient (Wildman–Crippen LogP) is 2.65. The number of amides is 1. The van der Waals surface area contributed by atoms with Crippen LogP contribution in [0.2, 0.25) is 0 Å². The van der Waals surface area contributed by atoms with Crippen LogP contribution in [0, 0.1) is 13.8 Å². The molecule has 1 N–H and O–H groups in total. The lowest BCUT2D eigenvalue weighted by atomic mass is 10.2. The fourth-order valence-corrected chi connectivity index (χ4v) is 2.28. The highest BCUT2D eigenvalue weighted by Crippen LogP contribution is 2.22. The number of benzene rings is 1. The second-order valence-electron chi connectivity index (χ2n) is 5.60. The summed E-state index contributed by atoms with van der Waals surface area (Å²) >= 11 is 0. The zero-order chi connectivity index (χ0) is 19.2. The van der Waals surface area contributed by atoms with Crippen molar-refractivity contribution >= 4 is 17.7 Å². The number of aromatic nitrogens is 2. The number of para-hydroxylation sites is 1. The van der Waals surface area contributed by atoms with E-state index in [4.69, 9.17) is 14.0 Å². The van der Waals surface area contributed by atoms with E-state index in [0.717, 1.165) is 11.3 Å². The van der Waals surface area contributed by atoms with Crippen molar-refractivity contribution in [3.05, 3.63) is 59.2 Å². The number of rotatable bonds is 7. The molecule has 3 rings (SSSR count). The molecule has 0 saturated carbocycles. The lowest BCUT2D eigenvalue weighted by Crippen LogP contribution is -2.21. The van der Waals surface area contributed by atoms with Crippen LogP contribution in [0.5, 0.6) is 5.75 Å². The van der Waals surface area contributed by atoms with E-state index in [0.29, 0.717) is 11.5 Å². The first kappa shape index (κ1) is 18.2. The molecule has 0 aliphatic carbocycles. The molecule has 0 radical (unpaired) electrons.